The maximum atomic E-state index is 8.33. The molecule has 0 atom stereocenters. The van der Waals surface area contributed by atoms with Crippen LogP contribution in [0.4, 0.5) is 0 Å². The Hall–Kier alpha value is -1.94. The molecule has 12 heavy (non-hydrogen) atoms. The summed E-state index contributed by atoms with van der Waals surface area (Å²) in [5, 5.41) is 16.6. The van der Waals surface area contributed by atoms with Gasteiger partial charge in [-0.3, -0.25) is 0 Å². The van der Waals surface area contributed by atoms with Crippen LogP contribution in [0.25, 0.3) is 0 Å². The molecule has 0 amide bonds. The second-order valence-corrected chi connectivity index (χ2v) is 2.18. The lowest BCUT2D eigenvalue weighted by Gasteiger charge is -1.93. The SMILES string of the molecule is N#CCc1cnc(CC#N)nc1. The molecule has 1 rings (SSSR count). The summed E-state index contributed by atoms with van der Waals surface area (Å²) in [5.41, 5.74) is 0.777. The topological polar surface area (TPSA) is 73.4 Å². The van der Waals surface area contributed by atoms with Crippen LogP contribution in [0.3, 0.4) is 0 Å². The van der Waals surface area contributed by atoms with E-state index in [0.717, 1.165) is 5.56 Å². The largest absolute Gasteiger partial charge is 0.240 e. The number of hydrogen-bond acceptors (Lipinski definition) is 4. The van der Waals surface area contributed by atoms with E-state index in [0.29, 0.717) is 12.2 Å². The fraction of sp³-hybridized carbons (Fsp3) is 0.250. The molecule has 0 aliphatic rings. The molecule has 0 aliphatic heterocycles. The van der Waals surface area contributed by atoms with Gasteiger partial charge in [0.2, 0.25) is 0 Å². The lowest BCUT2D eigenvalue weighted by molar-refractivity contribution is 0.969. The van der Waals surface area contributed by atoms with Gasteiger partial charge in [-0.15, -0.1) is 0 Å². The summed E-state index contributed by atoms with van der Waals surface area (Å²) in [7, 11) is 0. The molecular weight excluding hydrogens is 152 g/mol. The Morgan fingerprint density at radius 1 is 1.08 bits per heavy atom. The van der Waals surface area contributed by atoms with Crippen LogP contribution < -0.4 is 0 Å². The highest BCUT2D eigenvalue weighted by Gasteiger charge is 1.95. The quantitative estimate of drug-likeness (QED) is 0.632. The Kier molecular flexibility index (Phi) is 2.75. The predicted octanol–water partition coefficient (Wildman–Crippen LogP) is 0.609. The molecule has 0 radical (unpaired) electrons. The third-order valence-electron chi connectivity index (χ3n) is 1.28. The van der Waals surface area contributed by atoms with Crippen molar-refractivity contribution in [3.63, 3.8) is 0 Å². The molecule has 0 unspecified atom stereocenters. The maximum absolute atomic E-state index is 8.33. The Balaban J connectivity index is 2.74. The van der Waals surface area contributed by atoms with Gasteiger partial charge in [0.25, 0.3) is 0 Å². The van der Waals surface area contributed by atoms with Crippen LogP contribution in [0.2, 0.25) is 0 Å². The summed E-state index contributed by atoms with van der Waals surface area (Å²) in [6.45, 7) is 0. The third-order valence-corrected chi connectivity index (χ3v) is 1.28. The van der Waals surface area contributed by atoms with E-state index in [-0.39, 0.29) is 6.42 Å². The van der Waals surface area contributed by atoms with Gasteiger partial charge in [0.15, 0.2) is 0 Å². The molecule has 0 aromatic carbocycles. The van der Waals surface area contributed by atoms with Crippen molar-refractivity contribution < 1.29 is 0 Å². The second-order valence-electron chi connectivity index (χ2n) is 2.18. The molecule has 4 nitrogen and oxygen atoms in total. The number of nitriles is 2. The fourth-order valence-corrected chi connectivity index (χ4v) is 0.726. The van der Waals surface area contributed by atoms with Crippen molar-refractivity contribution in [3.8, 4) is 12.1 Å². The van der Waals surface area contributed by atoms with Gasteiger partial charge < -0.3 is 0 Å². The van der Waals surface area contributed by atoms with Gasteiger partial charge >= 0.3 is 0 Å². The third kappa shape index (κ3) is 2.03. The molecule has 0 saturated heterocycles. The van der Waals surface area contributed by atoms with E-state index in [1.54, 1.807) is 12.4 Å². The zero-order valence-corrected chi connectivity index (χ0v) is 6.36. The lowest BCUT2D eigenvalue weighted by Crippen LogP contribution is -1.94. The first-order valence-electron chi connectivity index (χ1n) is 3.40. The first-order chi connectivity index (χ1) is 5.86. The van der Waals surface area contributed by atoms with Crippen LogP contribution in [0.15, 0.2) is 12.4 Å². The molecular formula is C8H6N4. The van der Waals surface area contributed by atoms with E-state index >= 15 is 0 Å². The fourth-order valence-electron chi connectivity index (χ4n) is 0.726. The second kappa shape index (κ2) is 4.05. The monoisotopic (exact) mass is 158 g/mol. The van der Waals surface area contributed by atoms with Gasteiger partial charge in [0.05, 0.1) is 25.0 Å². The number of aromatic nitrogens is 2. The number of nitrogens with zero attached hydrogens (tertiary/aromatic N) is 4. The molecule has 1 heterocycles. The highest BCUT2D eigenvalue weighted by atomic mass is 14.9. The summed E-state index contributed by atoms with van der Waals surface area (Å²) in [6.07, 6.45) is 3.67. The van der Waals surface area contributed by atoms with Gasteiger partial charge in [-0.25, -0.2) is 9.97 Å². The van der Waals surface area contributed by atoms with Crippen molar-refractivity contribution in [3.05, 3.63) is 23.8 Å². The minimum absolute atomic E-state index is 0.215. The average molecular weight is 158 g/mol. The van der Waals surface area contributed by atoms with Crippen LogP contribution in [-0.2, 0) is 12.8 Å². The molecule has 1 aromatic rings. The highest BCUT2D eigenvalue weighted by molar-refractivity contribution is 5.11. The summed E-state index contributed by atoms with van der Waals surface area (Å²) < 4.78 is 0. The zero-order valence-electron chi connectivity index (χ0n) is 6.36. The van der Waals surface area contributed by atoms with E-state index in [1.165, 1.54) is 0 Å². The van der Waals surface area contributed by atoms with Gasteiger partial charge in [-0.1, -0.05) is 0 Å². The van der Waals surface area contributed by atoms with E-state index in [1.807, 2.05) is 12.1 Å². The first kappa shape index (κ1) is 8.16. The van der Waals surface area contributed by atoms with Gasteiger partial charge in [-0.05, 0) is 0 Å². The zero-order chi connectivity index (χ0) is 8.81. The van der Waals surface area contributed by atoms with Crippen molar-refractivity contribution in [2.24, 2.45) is 0 Å². The highest BCUT2D eigenvalue weighted by Crippen LogP contribution is 1.96. The van der Waals surface area contributed by atoms with Crippen LogP contribution in [0.1, 0.15) is 11.4 Å². The van der Waals surface area contributed by atoms with Crippen molar-refractivity contribution in [1.29, 1.82) is 10.5 Å². The van der Waals surface area contributed by atoms with Gasteiger partial charge in [0.1, 0.15) is 5.82 Å². The van der Waals surface area contributed by atoms with E-state index in [9.17, 15) is 0 Å². The molecule has 1 aromatic heterocycles. The Morgan fingerprint density at radius 3 is 2.17 bits per heavy atom. The molecule has 0 fully saturated rings. The number of rotatable bonds is 2. The van der Waals surface area contributed by atoms with E-state index in [4.69, 9.17) is 10.5 Å². The van der Waals surface area contributed by atoms with Gasteiger partial charge in [-0.2, -0.15) is 10.5 Å². The average Bonchev–Trinajstić information content (AvgIpc) is 2.09. The maximum Gasteiger partial charge on any atom is 0.142 e. The van der Waals surface area contributed by atoms with Crippen molar-refractivity contribution in [2.75, 3.05) is 0 Å². The Labute approximate surface area is 70.1 Å². The van der Waals surface area contributed by atoms with Crippen LogP contribution in [0, 0.1) is 22.7 Å². The molecule has 0 bridgehead atoms. The molecule has 0 saturated carbocycles. The van der Waals surface area contributed by atoms with E-state index < -0.39 is 0 Å². The van der Waals surface area contributed by atoms with Crippen molar-refractivity contribution in [2.45, 2.75) is 12.8 Å². The standard InChI is InChI=1S/C8H6N4/c9-3-1-7-5-11-8(2-4-10)12-6-7/h5-6H,1-2H2. The number of hydrogen-bond donors (Lipinski definition) is 0. The van der Waals surface area contributed by atoms with E-state index in [2.05, 4.69) is 9.97 Å². The summed E-state index contributed by atoms with van der Waals surface area (Å²) >= 11 is 0. The Bertz CT molecular complexity index is 293. The molecule has 0 spiro atoms. The molecule has 58 valence electrons. The minimum Gasteiger partial charge on any atom is -0.240 e. The van der Waals surface area contributed by atoms with Crippen molar-refractivity contribution >= 4 is 0 Å². The van der Waals surface area contributed by atoms with Crippen LogP contribution in [0.5, 0.6) is 0 Å². The van der Waals surface area contributed by atoms with Crippen LogP contribution in [-0.4, -0.2) is 9.97 Å². The summed E-state index contributed by atoms with van der Waals surface area (Å²) in [6, 6.07) is 3.94. The van der Waals surface area contributed by atoms with Gasteiger partial charge in [0, 0.05) is 18.0 Å². The lowest BCUT2D eigenvalue weighted by atomic mass is 10.2. The molecule has 0 aliphatic carbocycles. The molecule has 4 heteroatoms. The smallest absolute Gasteiger partial charge is 0.142 e. The Morgan fingerprint density at radius 2 is 1.67 bits per heavy atom. The van der Waals surface area contributed by atoms with Crippen LogP contribution >= 0.6 is 0 Å². The summed E-state index contributed by atoms with van der Waals surface area (Å²) in [4.78, 5) is 7.80. The first-order valence-corrected chi connectivity index (χ1v) is 3.40. The summed E-state index contributed by atoms with van der Waals surface area (Å²) in [5.74, 6) is 0.499. The van der Waals surface area contributed by atoms with Crippen molar-refractivity contribution in [1.82, 2.24) is 9.97 Å². The molecule has 0 N–H and O–H groups in total. The predicted molar refractivity (Wildman–Crippen MR) is 40.7 cm³/mol. The normalized spacial score (nSPS) is 8.50. The minimum atomic E-state index is 0.215.